The van der Waals surface area contributed by atoms with Gasteiger partial charge in [-0.15, -0.1) is 13.2 Å². The molecule has 0 aliphatic carbocycles. The maximum absolute atomic E-state index is 9.28. The van der Waals surface area contributed by atoms with Gasteiger partial charge < -0.3 is 30.0 Å². The second-order valence-electron chi connectivity index (χ2n) is 1.50. The van der Waals surface area contributed by atoms with E-state index in [0.717, 1.165) is 0 Å². The van der Waals surface area contributed by atoms with Crippen molar-refractivity contribution in [3.63, 3.8) is 0 Å². The smallest absolute Gasteiger partial charge is 0.855 e. The van der Waals surface area contributed by atoms with Gasteiger partial charge in [-0.2, -0.15) is 0 Å². The summed E-state index contributed by atoms with van der Waals surface area (Å²) >= 11 is 0. The van der Waals surface area contributed by atoms with Crippen LogP contribution < -0.4 is 20.4 Å². The average Bonchev–Trinajstić information content (AvgIpc) is 1.86. The van der Waals surface area contributed by atoms with Crippen LogP contribution in [-0.4, -0.2) is 71.3 Å². The second kappa shape index (κ2) is 29.3. The number of hydrogen-bond donors (Lipinski definition) is 0. The van der Waals surface area contributed by atoms with E-state index < -0.39 is 18.4 Å². The van der Waals surface area contributed by atoms with Crippen LogP contribution in [0.25, 0.3) is 0 Å². The molecule has 0 unspecified atom stereocenters. The molecule has 0 heterocycles. The predicted octanol–water partition coefficient (Wildman–Crippen LogP) is -5.15. The van der Waals surface area contributed by atoms with Crippen LogP contribution in [0.3, 0.4) is 0 Å². The van der Waals surface area contributed by atoms with Crippen molar-refractivity contribution in [1.82, 2.24) is 0 Å². The first-order chi connectivity index (χ1) is 5.95. The molecular weight excluding hydrogens is 229 g/mol. The van der Waals surface area contributed by atoms with Crippen LogP contribution in [0.2, 0.25) is 0 Å². The van der Waals surface area contributed by atoms with Crippen molar-refractivity contribution in [3.05, 3.63) is 0 Å². The first kappa shape index (κ1) is 29.5. The summed E-state index contributed by atoms with van der Waals surface area (Å²) < 4.78 is 0. The van der Waals surface area contributed by atoms with E-state index in [1.54, 1.807) is 13.8 Å². The van der Waals surface area contributed by atoms with E-state index in [1.165, 1.54) is 0 Å². The number of aliphatic carboxylic acids is 2. The Bertz CT molecular complexity index is 117. The number of rotatable bonds is 2. The minimum absolute atomic E-state index is 0. The SMILES string of the molecule is CC[O-].CC[O-].O=C([O-])CC(=O)[O-].[Mg+2].[Mg+2]. The molecule has 0 atom stereocenters. The van der Waals surface area contributed by atoms with Crippen molar-refractivity contribution in [3.8, 4) is 0 Å². The van der Waals surface area contributed by atoms with Crippen LogP contribution in [-0.2, 0) is 9.59 Å². The average molecular weight is 241 g/mol. The molecule has 0 aromatic carbocycles. The Morgan fingerprint density at radius 3 is 1.00 bits per heavy atom. The zero-order valence-corrected chi connectivity index (χ0v) is 11.8. The van der Waals surface area contributed by atoms with Crippen molar-refractivity contribution in [2.45, 2.75) is 20.3 Å². The molecule has 0 saturated heterocycles. The molecule has 80 valence electrons. The third kappa shape index (κ3) is 115. The maximum Gasteiger partial charge on any atom is 2.00 e. The molecule has 0 amide bonds. The number of hydrogen-bond acceptors (Lipinski definition) is 6. The largest absolute Gasteiger partial charge is 2.00 e. The molecule has 0 rings (SSSR count). The van der Waals surface area contributed by atoms with Crippen molar-refractivity contribution in [2.75, 3.05) is 13.2 Å². The molecule has 15 heavy (non-hydrogen) atoms. The summed E-state index contributed by atoms with van der Waals surface area (Å²) in [6, 6.07) is 0. The maximum atomic E-state index is 9.28. The van der Waals surface area contributed by atoms with E-state index in [4.69, 9.17) is 10.2 Å². The summed E-state index contributed by atoms with van der Waals surface area (Å²) in [6.45, 7) is 3.14. The summed E-state index contributed by atoms with van der Waals surface area (Å²) in [5.41, 5.74) is 0. The number of carboxylic acids is 2. The molecule has 0 aromatic heterocycles. The minimum atomic E-state index is -1.63. The van der Waals surface area contributed by atoms with Crippen molar-refractivity contribution < 1.29 is 30.0 Å². The first-order valence-electron chi connectivity index (χ1n) is 3.52. The third-order valence-electron chi connectivity index (χ3n) is 0.289. The van der Waals surface area contributed by atoms with Gasteiger partial charge in [0.1, 0.15) is 0 Å². The van der Waals surface area contributed by atoms with Crippen LogP contribution in [0.5, 0.6) is 0 Å². The monoisotopic (exact) mass is 240 g/mol. The van der Waals surface area contributed by atoms with Crippen LogP contribution in [0.4, 0.5) is 0 Å². The Morgan fingerprint density at radius 2 is 1.00 bits per heavy atom. The van der Waals surface area contributed by atoms with Crippen LogP contribution >= 0.6 is 0 Å². The molecule has 6 nitrogen and oxygen atoms in total. The molecule has 0 fully saturated rings. The van der Waals surface area contributed by atoms with E-state index in [0.29, 0.717) is 0 Å². The fraction of sp³-hybridized carbons (Fsp3) is 0.714. The van der Waals surface area contributed by atoms with E-state index in [1.807, 2.05) is 0 Å². The van der Waals surface area contributed by atoms with Gasteiger partial charge in [-0.1, -0.05) is 13.8 Å². The van der Waals surface area contributed by atoms with Crippen molar-refractivity contribution in [1.29, 1.82) is 0 Å². The fourth-order valence-electron chi connectivity index (χ4n) is 0.118. The number of carboxylic acid groups (broad SMARTS) is 2. The molecule has 0 N–H and O–H groups in total. The van der Waals surface area contributed by atoms with E-state index in [2.05, 4.69) is 0 Å². The fourth-order valence-corrected chi connectivity index (χ4v) is 0.118. The third-order valence-corrected chi connectivity index (χ3v) is 0.289. The molecule has 0 spiro atoms. The molecule has 0 aliphatic heterocycles. The molecule has 0 saturated carbocycles. The van der Waals surface area contributed by atoms with Crippen LogP contribution in [0, 0.1) is 0 Å². The van der Waals surface area contributed by atoms with Gasteiger partial charge in [-0.05, 0) is 0 Å². The van der Waals surface area contributed by atoms with Crippen molar-refractivity contribution in [2.24, 2.45) is 0 Å². The van der Waals surface area contributed by atoms with Gasteiger partial charge in [0.05, 0.1) is 0 Å². The molecule has 0 radical (unpaired) electrons. The predicted molar refractivity (Wildman–Crippen MR) is 47.2 cm³/mol. The van der Waals surface area contributed by atoms with Crippen LogP contribution in [0.15, 0.2) is 0 Å². The normalized spacial score (nSPS) is 6.13. The zero-order chi connectivity index (χ0) is 11.3. The van der Waals surface area contributed by atoms with Gasteiger partial charge in [-0.25, -0.2) is 0 Å². The first-order valence-corrected chi connectivity index (χ1v) is 3.52. The standard InChI is InChI=1S/C3H4O4.2C2H5O.2Mg/c4-2(5)1-3(6)7;2*1-2-3;;/h1H2,(H,4,5)(H,6,7);2*2H2,1H3;;/q;2*-1;2*+2/p-2. The van der Waals surface area contributed by atoms with E-state index >= 15 is 0 Å². The Hall–Kier alpha value is 0.392. The molecule has 0 aliphatic rings. The Balaban J connectivity index is -0.0000000361. The van der Waals surface area contributed by atoms with Gasteiger partial charge >= 0.3 is 46.1 Å². The van der Waals surface area contributed by atoms with Gasteiger partial charge in [0.25, 0.3) is 0 Å². The van der Waals surface area contributed by atoms with Gasteiger partial charge in [0.15, 0.2) is 0 Å². The molecule has 0 bridgehead atoms. The topological polar surface area (TPSA) is 126 Å². The van der Waals surface area contributed by atoms with E-state index in [-0.39, 0.29) is 59.3 Å². The van der Waals surface area contributed by atoms with Gasteiger partial charge in [0.2, 0.25) is 0 Å². The Morgan fingerprint density at radius 1 is 0.867 bits per heavy atom. The molecule has 8 heteroatoms. The number of carbonyl (C=O) groups excluding carboxylic acids is 2. The van der Waals surface area contributed by atoms with Crippen LogP contribution in [0.1, 0.15) is 20.3 Å². The summed E-state index contributed by atoms with van der Waals surface area (Å²) in [4.78, 5) is 18.6. The summed E-state index contributed by atoms with van der Waals surface area (Å²) in [7, 11) is 0. The molecular formula is C7H12Mg2O6. The van der Waals surface area contributed by atoms with Gasteiger partial charge in [0, 0.05) is 18.4 Å². The van der Waals surface area contributed by atoms with Crippen molar-refractivity contribution >= 4 is 58.0 Å². The molecule has 0 aromatic rings. The second-order valence-corrected chi connectivity index (χ2v) is 1.50. The number of carbonyl (C=O) groups is 2. The quantitative estimate of drug-likeness (QED) is 0.351. The summed E-state index contributed by atoms with van der Waals surface area (Å²) in [5.74, 6) is -3.25. The zero-order valence-electron chi connectivity index (χ0n) is 8.99. The summed E-state index contributed by atoms with van der Waals surface area (Å²) in [5, 5.41) is 36.4. The van der Waals surface area contributed by atoms with Gasteiger partial charge in [-0.3, -0.25) is 0 Å². The van der Waals surface area contributed by atoms with E-state index in [9.17, 15) is 19.8 Å². The minimum Gasteiger partial charge on any atom is -0.855 e. The Labute approximate surface area is 121 Å². The Kier molecular flexibility index (Phi) is 57.6. The summed E-state index contributed by atoms with van der Waals surface area (Å²) in [6.07, 6.45) is -1.03.